The minimum atomic E-state index is 0.138. The second-order valence-electron chi connectivity index (χ2n) is 4.58. The molecule has 0 saturated carbocycles. The first-order valence-corrected chi connectivity index (χ1v) is 7.11. The number of amides is 1. The van der Waals surface area contributed by atoms with Gasteiger partial charge in [0.05, 0.1) is 0 Å². The van der Waals surface area contributed by atoms with E-state index in [-0.39, 0.29) is 5.91 Å². The summed E-state index contributed by atoms with van der Waals surface area (Å²) in [4.78, 5) is 14.3. The Hall–Kier alpha value is -0.960. The van der Waals surface area contributed by atoms with Gasteiger partial charge in [0.2, 0.25) is 5.91 Å². The maximum Gasteiger partial charge on any atom is 0.219 e. The molecule has 1 aliphatic rings. The molecule has 1 heterocycles. The van der Waals surface area contributed by atoms with E-state index in [2.05, 4.69) is 18.2 Å². The molecular weight excluding hydrogens is 230 g/mol. The normalized spacial score (nSPS) is 14.2. The van der Waals surface area contributed by atoms with Crippen molar-refractivity contribution in [2.24, 2.45) is 0 Å². The van der Waals surface area contributed by atoms with Gasteiger partial charge in [-0.15, -0.1) is 11.8 Å². The van der Waals surface area contributed by atoms with Gasteiger partial charge in [-0.25, -0.2) is 0 Å². The molecule has 17 heavy (non-hydrogen) atoms. The van der Waals surface area contributed by atoms with Gasteiger partial charge in [0.1, 0.15) is 0 Å². The number of carbonyl (C=O) groups is 1. The molecule has 2 nitrogen and oxygen atoms in total. The van der Waals surface area contributed by atoms with E-state index in [0.717, 1.165) is 13.0 Å². The molecule has 0 N–H and O–H groups in total. The van der Waals surface area contributed by atoms with E-state index in [0.29, 0.717) is 0 Å². The molecule has 0 saturated heterocycles. The second-order valence-corrected chi connectivity index (χ2v) is 5.72. The average molecular weight is 249 g/mol. The van der Waals surface area contributed by atoms with Crippen LogP contribution >= 0.6 is 11.8 Å². The van der Waals surface area contributed by atoms with Crippen molar-refractivity contribution in [3.63, 3.8) is 0 Å². The van der Waals surface area contributed by atoms with Gasteiger partial charge in [-0.1, -0.05) is 12.1 Å². The summed E-state index contributed by atoms with van der Waals surface area (Å²) in [7, 11) is 1.86. The van der Waals surface area contributed by atoms with E-state index in [1.165, 1.54) is 34.6 Å². The molecule has 0 fully saturated rings. The van der Waals surface area contributed by atoms with Crippen molar-refractivity contribution in [1.82, 2.24) is 4.90 Å². The number of carbonyl (C=O) groups excluding carboxylic acids is 1. The summed E-state index contributed by atoms with van der Waals surface area (Å²) in [6.07, 6.45) is 3.45. The zero-order valence-corrected chi connectivity index (χ0v) is 11.3. The molecule has 0 atom stereocenters. The highest BCUT2D eigenvalue weighted by Gasteiger charge is 2.10. The number of fused-ring (bicyclic) bond motifs is 1. The van der Waals surface area contributed by atoms with Gasteiger partial charge in [-0.3, -0.25) is 4.79 Å². The fourth-order valence-electron chi connectivity index (χ4n) is 2.02. The summed E-state index contributed by atoms with van der Waals surface area (Å²) >= 11 is 1.96. The van der Waals surface area contributed by atoms with Crippen molar-refractivity contribution in [2.45, 2.75) is 31.1 Å². The first-order chi connectivity index (χ1) is 8.16. The van der Waals surface area contributed by atoms with Gasteiger partial charge in [0.25, 0.3) is 0 Å². The molecule has 1 aliphatic heterocycles. The number of hydrogen-bond acceptors (Lipinski definition) is 2. The average Bonchev–Trinajstić information content (AvgIpc) is 2.35. The van der Waals surface area contributed by atoms with Crippen LogP contribution in [0.5, 0.6) is 0 Å². The Bertz CT molecular complexity index is 417. The summed E-state index contributed by atoms with van der Waals surface area (Å²) in [5.74, 6) is 1.39. The predicted molar refractivity (Wildman–Crippen MR) is 72.5 cm³/mol. The van der Waals surface area contributed by atoms with Crippen LogP contribution in [0.25, 0.3) is 0 Å². The monoisotopic (exact) mass is 249 g/mol. The van der Waals surface area contributed by atoms with Crippen molar-refractivity contribution >= 4 is 17.7 Å². The third kappa shape index (κ3) is 3.25. The van der Waals surface area contributed by atoms with Crippen molar-refractivity contribution < 1.29 is 4.79 Å². The highest BCUT2D eigenvalue weighted by molar-refractivity contribution is 7.99. The van der Waals surface area contributed by atoms with Crippen LogP contribution < -0.4 is 0 Å². The quantitative estimate of drug-likeness (QED) is 0.821. The highest BCUT2D eigenvalue weighted by Crippen LogP contribution is 2.30. The van der Waals surface area contributed by atoms with Gasteiger partial charge in [-0.05, 0) is 42.2 Å². The lowest BCUT2D eigenvalue weighted by molar-refractivity contribution is -0.127. The molecule has 0 bridgehead atoms. The van der Waals surface area contributed by atoms with Crippen LogP contribution in [0.1, 0.15) is 24.5 Å². The van der Waals surface area contributed by atoms with Gasteiger partial charge in [0, 0.05) is 25.4 Å². The standard InChI is InChI=1S/C14H19NOS/c1-11(16)15(2)8-7-12-5-6-14-13(10-12)4-3-9-17-14/h5-6,10H,3-4,7-9H2,1-2H3. The van der Waals surface area contributed by atoms with E-state index >= 15 is 0 Å². The van der Waals surface area contributed by atoms with Crippen LogP contribution in [0.3, 0.4) is 0 Å². The molecule has 1 aromatic carbocycles. The molecular formula is C14H19NOS. The molecule has 0 unspecified atom stereocenters. The molecule has 0 spiro atoms. The SMILES string of the molecule is CC(=O)N(C)CCc1ccc2c(c1)CCCS2. The van der Waals surface area contributed by atoms with Gasteiger partial charge < -0.3 is 4.90 Å². The molecule has 2 rings (SSSR count). The maximum absolute atomic E-state index is 11.1. The largest absolute Gasteiger partial charge is 0.346 e. The van der Waals surface area contributed by atoms with E-state index in [9.17, 15) is 4.79 Å². The predicted octanol–water partition coefficient (Wildman–Crippen LogP) is 2.75. The Labute approximate surface area is 107 Å². The molecule has 0 aliphatic carbocycles. The molecule has 3 heteroatoms. The fourth-order valence-corrected chi connectivity index (χ4v) is 3.04. The zero-order chi connectivity index (χ0) is 12.3. The topological polar surface area (TPSA) is 20.3 Å². The fraction of sp³-hybridized carbons (Fsp3) is 0.500. The first-order valence-electron chi connectivity index (χ1n) is 6.13. The number of nitrogens with zero attached hydrogens (tertiary/aromatic N) is 1. The van der Waals surface area contributed by atoms with E-state index in [4.69, 9.17) is 0 Å². The van der Waals surface area contributed by atoms with Crippen LogP contribution in [0, 0.1) is 0 Å². The lowest BCUT2D eigenvalue weighted by atomic mass is 10.0. The summed E-state index contributed by atoms with van der Waals surface area (Å²) in [6, 6.07) is 6.75. The van der Waals surface area contributed by atoms with Crippen molar-refractivity contribution in [1.29, 1.82) is 0 Å². The summed E-state index contributed by atoms with van der Waals surface area (Å²) in [6.45, 7) is 2.42. The number of rotatable bonds is 3. The molecule has 1 amide bonds. The minimum absolute atomic E-state index is 0.138. The third-order valence-electron chi connectivity index (χ3n) is 3.25. The second kappa shape index (κ2) is 5.58. The number of benzene rings is 1. The van der Waals surface area contributed by atoms with Crippen LogP contribution in [-0.2, 0) is 17.6 Å². The zero-order valence-electron chi connectivity index (χ0n) is 10.5. The summed E-state index contributed by atoms with van der Waals surface area (Å²) < 4.78 is 0. The number of thioether (sulfide) groups is 1. The first kappa shape index (κ1) is 12.5. The van der Waals surface area contributed by atoms with Crippen molar-refractivity contribution in [2.75, 3.05) is 19.3 Å². The Balaban J connectivity index is 2.00. The molecule has 0 aromatic heterocycles. The smallest absolute Gasteiger partial charge is 0.219 e. The molecule has 92 valence electrons. The number of hydrogen-bond donors (Lipinski definition) is 0. The third-order valence-corrected chi connectivity index (χ3v) is 4.45. The Morgan fingerprint density at radius 1 is 1.47 bits per heavy atom. The van der Waals surface area contributed by atoms with Gasteiger partial charge in [-0.2, -0.15) is 0 Å². The van der Waals surface area contributed by atoms with Crippen LogP contribution in [0.2, 0.25) is 0 Å². The van der Waals surface area contributed by atoms with Crippen LogP contribution in [0.15, 0.2) is 23.1 Å². The van der Waals surface area contributed by atoms with Gasteiger partial charge in [0.15, 0.2) is 0 Å². The van der Waals surface area contributed by atoms with Crippen LogP contribution in [0.4, 0.5) is 0 Å². The minimum Gasteiger partial charge on any atom is -0.346 e. The van der Waals surface area contributed by atoms with Crippen molar-refractivity contribution in [3.05, 3.63) is 29.3 Å². The number of aryl methyl sites for hydroxylation is 1. The molecule has 1 aromatic rings. The number of likely N-dealkylation sites (N-methyl/N-ethyl adjacent to an activating group) is 1. The Morgan fingerprint density at radius 3 is 3.06 bits per heavy atom. The van der Waals surface area contributed by atoms with Gasteiger partial charge >= 0.3 is 0 Å². The maximum atomic E-state index is 11.1. The lowest BCUT2D eigenvalue weighted by Gasteiger charge is -2.18. The van der Waals surface area contributed by atoms with Crippen LogP contribution in [-0.4, -0.2) is 30.2 Å². The van der Waals surface area contributed by atoms with E-state index < -0.39 is 0 Å². The molecule has 0 radical (unpaired) electrons. The lowest BCUT2D eigenvalue weighted by Crippen LogP contribution is -2.26. The van der Waals surface area contributed by atoms with Crippen molar-refractivity contribution in [3.8, 4) is 0 Å². The Morgan fingerprint density at radius 2 is 2.29 bits per heavy atom. The summed E-state index contributed by atoms with van der Waals surface area (Å²) in [5.41, 5.74) is 2.84. The van der Waals surface area contributed by atoms with E-state index in [1.54, 1.807) is 11.8 Å². The highest BCUT2D eigenvalue weighted by atomic mass is 32.2. The summed E-state index contributed by atoms with van der Waals surface area (Å²) in [5, 5.41) is 0. The Kier molecular flexibility index (Phi) is 4.11. The van der Waals surface area contributed by atoms with E-state index in [1.807, 2.05) is 18.8 Å².